The Kier molecular flexibility index (Phi) is 4.16. The molecule has 5 N–H and O–H groups in total. The number of thiophene rings is 1. The minimum atomic E-state index is -0.607. The van der Waals surface area contributed by atoms with Crippen molar-refractivity contribution in [1.29, 1.82) is 5.26 Å². The molecule has 7 heteroatoms. The Morgan fingerprint density at radius 1 is 1.60 bits per heavy atom. The number of nitrogen functional groups attached to an aromatic ring is 1. The lowest BCUT2D eigenvalue weighted by atomic mass is 10.0. The lowest BCUT2D eigenvalue weighted by Crippen LogP contribution is -2.19. The van der Waals surface area contributed by atoms with Gasteiger partial charge in [0.1, 0.15) is 15.9 Å². The van der Waals surface area contributed by atoms with E-state index in [1.165, 1.54) is 11.3 Å². The van der Waals surface area contributed by atoms with Crippen molar-refractivity contribution >= 4 is 27.9 Å². The molecule has 1 aliphatic carbocycles. The zero-order valence-electron chi connectivity index (χ0n) is 11.4. The summed E-state index contributed by atoms with van der Waals surface area (Å²) in [6.07, 6.45) is 3.26. The van der Waals surface area contributed by atoms with Gasteiger partial charge in [0, 0.05) is 20.3 Å². The third-order valence-corrected chi connectivity index (χ3v) is 4.78. The Hall–Kier alpha value is -1.78. The lowest BCUT2D eigenvalue weighted by Gasteiger charge is -2.16. The number of amides is 1. The van der Waals surface area contributed by atoms with Gasteiger partial charge in [-0.05, 0) is 24.7 Å². The van der Waals surface area contributed by atoms with Crippen LogP contribution < -0.4 is 16.8 Å². The van der Waals surface area contributed by atoms with Crippen LogP contribution in [0.3, 0.4) is 0 Å². The summed E-state index contributed by atoms with van der Waals surface area (Å²) in [4.78, 5) is 11.8. The summed E-state index contributed by atoms with van der Waals surface area (Å²) in [6, 6.07) is 1.98. The molecule has 0 aromatic carbocycles. The summed E-state index contributed by atoms with van der Waals surface area (Å²) in [7, 11) is 1.69. The fraction of sp³-hybridized carbons (Fsp3) is 0.538. The van der Waals surface area contributed by atoms with E-state index in [9.17, 15) is 4.79 Å². The van der Waals surface area contributed by atoms with Gasteiger partial charge in [-0.15, -0.1) is 11.3 Å². The molecule has 0 radical (unpaired) electrons. The van der Waals surface area contributed by atoms with Crippen LogP contribution in [0.15, 0.2) is 0 Å². The highest BCUT2D eigenvalue weighted by Crippen LogP contribution is 2.49. The van der Waals surface area contributed by atoms with Crippen LogP contribution in [0.2, 0.25) is 0 Å². The third kappa shape index (κ3) is 2.86. The van der Waals surface area contributed by atoms with Crippen LogP contribution in [0.25, 0.3) is 0 Å². The first-order chi connectivity index (χ1) is 9.53. The highest BCUT2D eigenvalue weighted by Gasteiger charge is 2.42. The number of methoxy groups -OCH3 is 1. The largest absolute Gasteiger partial charge is 0.396 e. The molecule has 1 heterocycles. The predicted octanol–water partition coefficient (Wildman–Crippen LogP) is 1.53. The number of nitrogens with zero attached hydrogens (tertiary/aromatic N) is 1. The van der Waals surface area contributed by atoms with Crippen molar-refractivity contribution in [2.45, 2.75) is 19.3 Å². The zero-order valence-corrected chi connectivity index (χ0v) is 12.2. The maximum Gasteiger partial charge on any atom is 0.253 e. The lowest BCUT2D eigenvalue weighted by molar-refractivity contribution is 0.100. The standard InChI is InChI=1S/C13H18N4O2S/c1-19-5-4-13(2-3-13)7-17-12-9(11(16)18)10(15)8(6-14)20-12/h17H,2-5,7,15H2,1H3,(H2,16,18). The SMILES string of the molecule is COCCC1(CNc2sc(C#N)c(N)c2C(N)=O)CC1. The second kappa shape index (κ2) is 5.69. The van der Waals surface area contributed by atoms with E-state index < -0.39 is 5.91 Å². The smallest absolute Gasteiger partial charge is 0.253 e. The van der Waals surface area contributed by atoms with Crippen LogP contribution in [0.4, 0.5) is 10.7 Å². The molecule has 1 amide bonds. The van der Waals surface area contributed by atoms with Gasteiger partial charge in [0.25, 0.3) is 5.91 Å². The summed E-state index contributed by atoms with van der Waals surface area (Å²) < 4.78 is 5.11. The molecule has 1 aromatic rings. The Morgan fingerprint density at radius 2 is 2.30 bits per heavy atom. The van der Waals surface area contributed by atoms with Crippen LogP contribution >= 0.6 is 11.3 Å². The van der Waals surface area contributed by atoms with E-state index in [0.29, 0.717) is 9.88 Å². The van der Waals surface area contributed by atoms with E-state index in [2.05, 4.69) is 5.32 Å². The molecule has 1 saturated carbocycles. The molecular weight excluding hydrogens is 276 g/mol. The van der Waals surface area contributed by atoms with E-state index in [-0.39, 0.29) is 16.7 Å². The topological polar surface area (TPSA) is 114 Å². The fourth-order valence-electron chi connectivity index (χ4n) is 2.17. The molecule has 0 aliphatic heterocycles. The van der Waals surface area contributed by atoms with Crippen molar-refractivity contribution in [1.82, 2.24) is 0 Å². The number of nitrogens with two attached hydrogens (primary N) is 2. The predicted molar refractivity (Wildman–Crippen MR) is 78.6 cm³/mol. The minimum Gasteiger partial charge on any atom is -0.396 e. The van der Waals surface area contributed by atoms with E-state index in [1.54, 1.807) is 7.11 Å². The Labute approximate surface area is 121 Å². The summed E-state index contributed by atoms with van der Waals surface area (Å²) in [5.74, 6) is -0.607. The average Bonchev–Trinajstić information content (AvgIpc) is 3.11. The van der Waals surface area contributed by atoms with Gasteiger partial charge in [-0.1, -0.05) is 0 Å². The number of nitriles is 1. The average molecular weight is 294 g/mol. The number of hydrogen-bond donors (Lipinski definition) is 3. The molecule has 1 fully saturated rings. The maximum atomic E-state index is 11.5. The number of rotatable bonds is 7. The Bertz CT molecular complexity index is 557. The molecule has 0 spiro atoms. The maximum absolute atomic E-state index is 11.5. The quantitative estimate of drug-likeness (QED) is 0.705. The zero-order chi connectivity index (χ0) is 14.8. The normalized spacial score (nSPS) is 15.6. The Balaban J connectivity index is 2.10. The number of carbonyl (C=O) groups excluding carboxylic acids is 1. The van der Waals surface area contributed by atoms with Crippen molar-refractivity contribution in [3.05, 3.63) is 10.4 Å². The molecule has 20 heavy (non-hydrogen) atoms. The Morgan fingerprint density at radius 3 is 2.80 bits per heavy atom. The molecule has 1 aromatic heterocycles. The molecule has 6 nitrogen and oxygen atoms in total. The number of anilines is 2. The van der Waals surface area contributed by atoms with Crippen molar-refractivity contribution in [2.75, 3.05) is 31.3 Å². The number of nitrogens with one attached hydrogen (secondary N) is 1. The van der Waals surface area contributed by atoms with Crippen LogP contribution in [0.5, 0.6) is 0 Å². The molecular formula is C13H18N4O2S. The molecule has 0 atom stereocenters. The summed E-state index contributed by atoms with van der Waals surface area (Å²) in [5.41, 5.74) is 11.8. The minimum absolute atomic E-state index is 0.175. The number of primary amides is 1. The summed E-state index contributed by atoms with van der Waals surface area (Å²) in [6.45, 7) is 1.46. The second-order valence-corrected chi connectivity index (χ2v) is 6.14. The van der Waals surface area contributed by atoms with Gasteiger partial charge in [0.2, 0.25) is 0 Å². The molecule has 2 rings (SSSR count). The van der Waals surface area contributed by atoms with Crippen molar-refractivity contribution < 1.29 is 9.53 Å². The van der Waals surface area contributed by atoms with Crippen molar-refractivity contribution in [2.24, 2.45) is 11.1 Å². The van der Waals surface area contributed by atoms with Crippen LogP contribution in [-0.2, 0) is 4.74 Å². The van der Waals surface area contributed by atoms with E-state index in [0.717, 1.165) is 32.4 Å². The van der Waals surface area contributed by atoms with E-state index in [4.69, 9.17) is 21.5 Å². The summed E-state index contributed by atoms with van der Waals surface area (Å²) in [5, 5.41) is 12.8. The third-order valence-electron chi connectivity index (χ3n) is 3.71. The monoisotopic (exact) mass is 294 g/mol. The van der Waals surface area contributed by atoms with Gasteiger partial charge in [-0.25, -0.2) is 0 Å². The van der Waals surface area contributed by atoms with Gasteiger partial charge in [0.05, 0.1) is 11.3 Å². The van der Waals surface area contributed by atoms with Gasteiger partial charge >= 0.3 is 0 Å². The number of ether oxygens (including phenoxy) is 1. The molecule has 0 unspecified atom stereocenters. The van der Waals surface area contributed by atoms with Crippen LogP contribution in [0.1, 0.15) is 34.5 Å². The molecule has 108 valence electrons. The molecule has 1 aliphatic rings. The van der Waals surface area contributed by atoms with Gasteiger partial charge in [0.15, 0.2) is 0 Å². The highest BCUT2D eigenvalue weighted by atomic mass is 32.1. The van der Waals surface area contributed by atoms with Crippen molar-refractivity contribution in [3.63, 3.8) is 0 Å². The van der Waals surface area contributed by atoms with Crippen LogP contribution in [0, 0.1) is 16.7 Å². The molecule has 0 saturated heterocycles. The summed E-state index contributed by atoms with van der Waals surface area (Å²) >= 11 is 1.18. The number of carbonyl (C=O) groups is 1. The van der Waals surface area contributed by atoms with Gasteiger partial charge < -0.3 is 21.5 Å². The van der Waals surface area contributed by atoms with Crippen molar-refractivity contribution in [3.8, 4) is 6.07 Å². The first-order valence-corrected chi connectivity index (χ1v) is 7.19. The fourth-order valence-corrected chi connectivity index (χ4v) is 3.09. The highest BCUT2D eigenvalue weighted by molar-refractivity contribution is 7.17. The van der Waals surface area contributed by atoms with E-state index >= 15 is 0 Å². The van der Waals surface area contributed by atoms with Gasteiger partial charge in [-0.3, -0.25) is 4.79 Å². The van der Waals surface area contributed by atoms with E-state index in [1.807, 2.05) is 6.07 Å². The van der Waals surface area contributed by atoms with Crippen LogP contribution in [-0.4, -0.2) is 26.2 Å². The molecule has 0 bridgehead atoms. The number of hydrogen-bond acceptors (Lipinski definition) is 6. The first kappa shape index (κ1) is 14.6. The van der Waals surface area contributed by atoms with Gasteiger partial charge in [-0.2, -0.15) is 5.26 Å². The second-order valence-electron chi connectivity index (χ2n) is 5.12. The first-order valence-electron chi connectivity index (χ1n) is 6.38.